The van der Waals surface area contributed by atoms with Crippen LogP contribution in [0.1, 0.15) is 144 Å². The molecular formula is C41H64O4. The summed E-state index contributed by atoms with van der Waals surface area (Å²) < 4.78 is 11.6. The zero-order valence-electron chi connectivity index (χ0n) is 29.4. The van der Waals surface area contributed by atoms with Gasteiger partial charge in [-0.3, -0.25) is 9.59 Å². The van der Waals surface area contributed by atoms with Gasteiger partial charge >= 0.3 is 11.9 Å². The summed E-state index contributed by atoms with van der Waals surface area (Å²) in [4.78, 5) is 25.2. The Morgan fingerprint density at radius 1 is 0.911 bits per heavy atom. The molecule has 6 aliphatic carbocycles. The fraction of sp³-hybridized carbons (Fsp3) is 0.854. The summed E-state index contributed by atoms with van der Waals surface area (Å²) >= 11 is 0. The molecule has 0 N–H and O–H groups in total. The predicted octanol–water partition coefficient (Wildman–Crippen LogP) is 10.3. The van der Waals surface area contributed by atoms with Gasteiger partial charge in [0.25, 0.3) is 0 Å². The normalized spacial score (nSPS) is 40.4. The molecule has 11 atom stereocenters. The number of ether oxygens (including phenoxy) is 2. The van der Waals surface area contributed by atoms with Gasteiger partial charge < -0.3 is 9.47 Å². The fourth-order valence-corrected chi connectivity index (χ4v) is 11.9. The van der Waals surface area contributed by atoms with E-state index in [-0.39, 0.29) is 24.0 Å². The second kappa shape index (κ2) is 13.9. The molecule has 0 amide bonds. The molecule has 252 valence electrons. The third-order valence-corrected chi connectivity index (χ3v) is 14.4. The van der Waals surface area contributed by atoms with E-state index in [4.69, 9.17) is 9.47 Å². The summed E-state index contributed by atoms with van der Waals surface area (Å²) in [6.07, 6.45) is 26.4. The molecule has 0 radical (unpaired) electrons. The van der Waals surface area contributed by atoms with Crippen LogP contribution in [-0.4, -0.2) is 24.6 Å². The Kier molecular flexibility index (Phi) is 10.3. The summed E-state index contributed by atoms with van der Waals surface area (Å²) in [6, 6.07) is 0. The molecule has 0 saturated heterocycles. The van der Waals surface area contributed by atoms with E-state index < -0.39 is 0 Å². The molecule has 0 aromatic heterocycles. The first-order chi connectivity index (χ1) is 21.6. The van der Waals surface area contributed by atoms with Crippen molar-refractivity contribution in [2.45, 2.75) is 150 Å². The number of rotatable bonds is 13. The minimum Gasteiger partial charge on any atom is -0.465 e. The smallest absolute Gasteiger partial charge is 0.309 e. The van der Waals surface area contributed by atoms with Crippen molar-refractivity contribution in [2.24, 2.45) is 64.1 Å². The number of carbonyl (C=O) groups excluding carboxylic acids is 2. The first kappa shape index (κ1) is 33.3. The van der Waals surface area contributed by atoms with Crippen LogP contribution in [0, 0.1) is 64.1 Å². The SMILES string of the molecule is CC(C)CCC[C@@H](C)[C@H]1CC[C@H]2[C@@H]3CC=C4CC(OC(=O)CCCCCOC(=O)C5CC6C=CC5C6)CC[C@]4(C)[C@H]3CC[C@]12C. The molecule has 4 fully saturated rings. The molecule has 4 nitrogen and oxygen atoms in total. The lowest BCUT2D eigenvalue weighted by Crippen LogP contribution is -2.51. The lowest BCUT2D eigenvalue weighted by atomic mass is 9.47. The summed E-state index contributed by atoms with van der Waals surface area (Å²) in [5.41, 5.74) is 2.42. The van der Waals surface area contributed by atoms with E-state index in [2.05, 4.69) is 52.8 Å². The Bertz CT molecular complexity index is 1120. The summed E-state index contributed by atoms with van der Waals surface area (Å²) in [7, 11) is 0. The summed E-state index contributed by atoms with van der Waals surface area (Å²) in [5.74, 6) is 6.12. The van der Waals surface area contributed by atoms with Crippen molar-refractivity contribution in [1.82, 2.24) is 0 Å². The Morgan fingerprint density at radius 3 is 2.51 bits per heavy atom. The van der Waals surface area contributed by atoms with Crippen molar-refractivity contribution in [1.29, 1.82) is 0 Å². The van der Waals surface area contributed by atoms with Crippen LogP contribution in [0.2, 0.25) is 0 Å². The Hall–Kier alpha value is -1.58. The van der Waals surface area contributed by atoms with Gasteiger partial charge in [-0.05, 0) is 135 Å². The highest BCUT2D eigenvalue weighted by Gasteiger charge is 2.59. The standard InChI is InChI=1S/C41H64O4/c1-27(2)10-9-11-28(3)35-17-18-36-33-16-15-31-26-32(19-21-40(31,4)37(33)20-22-41(35,36)5)45-38(42)12-7-6-8-23-44-39(43)34-25-29-13-14-30(34)24-29/h13-15,27-30,32-37H,6-12,16-26H2,1-5H3/t28-,29?,30?,32?,33+,34?,35-,36+,37+,40+,41-/m1/s1. The van der Waals surface area contributed by atoms with Crippen LogP contribution in [0.4, 0.5) is 0 Å². The molecule has 0 spiro atoms. The van der Waals surface area contributed by atoms with E-state index in [1.54, 1.807) is 5.57 Å². The number of fused-ring (bicyclic) bond motifs is 7. The van der Waals surface area contributed by atoms with E-state index in [0.717, 1.165) is 80.5 Å². The van der Waals surface area contributed by atoms with E-state index in [1.807, 2.05) is 0 Å². The number of carbonyl (C=O) groups is 2. The first-order valence-electron chi connectivity index (χ1n) is 19.3. The second-order valence-corrected chi connectivity index (χ2v) is 17.5. The van der Waals surface area contributed by atoms with Crippen molar-refractivity contribution in [3.8, 4) is 0 Å². The minimum atomic E-state index is -0.0448. The van der Waals surface area contributed by atoms with Gasteiger partial charge in [0, 0.05) is 12.8 Å². The van der Waals surface area contributed by atoms with Crippen molar-refractivity contribution in [3.05, 3.63) is 23.8 Å². The van der Waals surface area contributed by atoms with Gasteiger partial charge in [0.15, 0.2) is 0 Å². The molecule has 2 bridgehead atoms. The van der Waals surface area contributed by atoms with Gasteiger partial charge in [-0.2, -0.15) is 0 Å². The van der Waals surface area contributed by atoms with E-state index >= 15 is 0 Å². The fourth-order valence-electron chi connectivity index (χ4n) is 11.9. The second-order valence-electron chi connectivity index (χ2n) is 17.5. The Balaban J connectivity index is 0.929. The molecule has 4 unspecified atom stereocenters. The molecule has 0 aromatic rings. The highest BCUT2D eigenvalue weighted by molar-refractivity contribution is 5.74. The van der Waals surface area contributed by atoms with E-state index in [0.29, 0.717) is 35.7 Å². The predicted molar refractivity (Wildman–Crippen MR) is 181 cm³/mol. The molecule has 0 aromatic carbocycles. The van der Waals surface area contributed by atoms with Gasteiger partial charge in [0.1, 0.15) is 6.10 Å². The zero-order valence-corrected chi connectivity index (χ0v) is 29.4. The number of allylic oxidation sites excluding steroid dienone is 3. The van der Waals surface area contributed by atoms with Gasteiger partial charge in [0.05, 0.1) is 12.5 Å². The zero-order chi connectivity index (χ0) is 31.8. The topological polar surface area (TPSA) is 52.6 Å². The molecule has 45 heavy (non-hydrogen) atoms. The molecule has 0 aliphatic heterocycles. The number of esters is 2. The van der Waals surface area contributed by atoms with Crippen LogP contribution in [0.5, 0.6) is 0 Å². The quantitative estimate of drug-likeness (QED) is 0.117. The lowest BCUT2D eigenvalue weighted by Gasteiger charge is -2.58. The van der Waals surface area contributed by atoms with Crippen LogP contribution in [0.15, 0.2) is 23.8 Å². The average molecular weight is 621 g/mol. The summed E-state index contributed by atoms with van der Waals surface area (Å²) in [6.45, 7) is 13.0. The van der Waals surface area contributed by atoms with Crippen LogP contribution in [0.3, 0.4) is 0 Å². The molecule has 4 saturated carbocycles. The molecule has 4 heteroatoms. The van der Waals surface area contributed by atoms with Gasteiger partial charge in [-0.25, -0.2) is 0 Å². The van der Waals surface area contributed by atoms with Gasteiger partial charge in [0.2, 0.25) is 0 Å². The largest absolute Gasteiger partial charge is 0.465 e. The lowest BCUT2D eigenvalue weighted by molar-refractivity contribution is -0.152. The molecule has 6 aliphatic rings. The Morgan fingerprint density at radius 2 is 1.76 bits per heavy atom. The van der Waals surface area contributed by atoms with Crippen molar-refractivity contribution < 1.29 is 19.1 Å². The van der Waals surface area contributed by atoms with Crippen molar-refractivity contribution in [3.63, 3.8) is 0 Å². The highest BCUT2D eigenvalue weighted by Crippen LogP contribution is 2.67. The monoisotopic (exact) mass is 620 g/mol. The van der Waals surface area contributed by atoms with E-state index in [9.17, 15) is 9.59 Å². The molecule has 6 rings (SSSR count). The Labute approximate surface area is 274 Å². The first-order valence-corrected chi connectivity index (χ1v) is 19.3. The number of hydrogen-bond donors (Lipinski definition) is 0. The maximum Gasteiger partial charge on any atom is 0.309 e. The summed E-state index contributed by atoms with van der Waals surface area (Å²) in [5, 5.41) is 0. The number of unbranched alkanes of at least 4 members (excludes halogenated alkanes) is 2. The van der Waals surface area contributed by atoms with Crippen LogP contribution >= 0.6 is 0 Å². The minimum absolute atomic E-state index is 0.0179. The maximum absolute atomic E-state index is 12.8. The van der Waals surface area contributed by atoms with Gasteiger partial charge in [-0.1, -0.05) is 77.7 Å². The van der Waals surface area contributed by atoms with Gasteiger partial charge in [-0.15, -0.1) is 0 Å². The van der Waals surface area contributed by atoms with Crippen molar-refractivity contribution in [2.75, 3.05) is 6.61 Å². The van der Waals surface area contributed by atoms with Crippen molar-refractivity contribution >= 4 is 11.9 Å². The molecular weight excluding hydrogens is 556 g/mol. The van der Waals surface area contributed by atoms with E-state index in [1.165, 1.54) is 57.8 Å². The number of hydrogen-bond acceptors (Lipinski definition) is 4. The maximum atomic E-state index is 12.8. The highest BCUT2D eigenvalue weighted by atomic mass is 16.5. The third kappa shape index (κ3) is 6.87. The third-order valence-electron chi connectivity index (χ3n) is 14.4. The van der Waals surface area contributed by atoms with Crippen LogP contribution in [0.25, 0.3) is 0 Å². The molecule has 0 heterocycles. The van der Waals surface area contributed by atoms with Crippen LogP contribution in [-0.2, 0) is 19.1 Å². The average Bonchev–Trinajstić information content (AvgIpc) is 3.73. The van der Waals surface area contributed by atoms with Crippen LogP contribution < -0.4 is 0 Å².